The third-order valence-electron chi connectivity index (χ3n) is 3.73. The van der Waals surface area contributed by atoms with Crippen LogP contribution in [-0.2, 0) is 15.2 Å². The molecule has 0 aromatic rings. The van der Waals surface area contributed by atoms with Crippen LogP contribution in [0.15, 0.2) is 12.2 Å². The van der Waals surface area contributed by atoms with Crippen LogP contribution in [0.3, 0.4) is 0 Å². The molecule has 0 bridgehead atoms. The Morgan fingerprint density at radius 3 is 1.96 bits per heavy atom. The maximum atomic E-state index is 10.3. The van der Waals surface area contributed by atoms with Crippen molar-refractivity contribution in [2.24, 2.45) is 0 Å². The summed E-state index contributed by atoms with van der Waals surface area (Å²) in [6.07, 6.45) is 17.4. The van der Waals surface area contributed by atoms with Gasteiger partial charge in [0.25, 0.3) is 0 Å². The van der Waals surface area contributed by atoms with E-state index in [-0.39, 0.29) is 65.2 Å². The van der Waals surface area contributed by atoms with Gasteiger partial charge in [-0.1, -0.05) is 64.0 Å². The Morgan fingerprint density at radius 2 is 1.43 bits per heavy atom. The number of aliphatic hydroxyl groups is 1. The minimum Gasteiger partial charge on any atom is -0.759 e. The van der Waals surface area contributed by atoms with Crippen molar-refractivity contribution in [1.82, 2.24) is 0 Å². The summed E-state index contributed by atoms with van der Waals surface area (Å²) in [5.41, 5.74) is 0. The molecule has 0 rings (SSSR count). The molecular formula is C18H34Na2O7S. The third kappa shape index (κ3) is 45.7. The molecule has 0 aromatic carbocycles. The fraction of sp³-hybridized carbons (Fsp3) is 0.833. The maximum Gasteiger partial charge on any atom is 1.00 e. The van der Waals surface area contributed by atoms with E-state index in [1.807, 2.05) is 0 Å². The number of unbranched alkanes of at least 4 members (excludes halogenated alkanes) is 8. The normalized spacial score (nSPS) is 11.7. The van der Waals surface area contributed by atoms with E-state index in [2.05, 4.69) is 19.1 Å². The first-order valence-electron chi connectivity index (χ1n) is 9.38. The molecule has 7 nitrogen and oxygen atoms in total. The molecule has 0 aliphatic carbocycles. The van der Waals surface area contributed by atoms with E-state index in [0.717, 1.165) is 51.4 Å². The number of allylic oxidation sites excluding steroid dienone is 1. The molecule has 0 unspecified atom stereocenters. The predicted octanol–water partition coefficient (Wildman–Crippen LogP) is -2.25. The fourth-order valence-electron chi connectivity index (χ4n) is 2.36. The van der Waals surface area contributed by atoms with Gasteiger partial charge in [-0.05, 0) is 32.1 Å². The maximum absolute atomic E-state index is 10.3. The summed E-state index contributed by atoms with van der Waals surface area (Å²) in [6, 6.07) is 0. The quantitative estimate of drug-likeness (QED) is 0.0964. The third-order valence-corrected chi connectivity index (χ3v) is 3.73. The summed E-state index contributed by atoms with van der Waals surface area (Å²) in [5.74, 6) is -0.689. The van der Waals surface area contributed by atoms with E-state index >= 15 is 0 Å². The number of hydrogen-bond donors (Lipinski definition) is 2. The summed E-state index contributed by atoms with van der Waals surface area (Å²) < 4.78 is 34.1. The Bertz CT molecular complexity index is 449. The van der Waals surface area contributed by atoms with Crippen LogP contribution in [0, 0.1) is 0 Å². The van der Waals surface area contributed by atoms with Gasteiger partial charge in [0, 0.05) is 16.8 Å². The summed E-state index contributed by atoms with van der Waals surface area (Å²) in [6.45, 7) is 2.20. The molecular weight excluding hydrogens is 406 g/mol. The zero-order valence-electron chi connectivity index (χ0n) is 17.8. The van der Waals surface area contributed by atoms with Crippen LogP contribution in [0.1, 0.15) is 90.4 Å². The summed E-state index contributed by atoms with van der Waals surface area (Å²) >= 11 is 0. The molecule has 0 aliphatic rings. The monoisotopic (exact) mass is 440 g/mol. The molecule has 0 aliphatic heterocycles. The Balaban J connectivity index is -0.000000364. The topological polar surface area (TPSA) is 138 Å². The molecule has 10 heteroatoms. The van der Waals surface area contributed by atoms with Gasteiger partial charge in [0.15, 0.2) is 0 Å². The number of carbonyl (C=O) groups is 1. The average molecular weight is 441 g/mol. The molecule has 0 radical (unpaired) electrons. The van der Waals surface area contributed by atoms with Crippen molar-refractivity contribution in [3.05, 3.63) is 12.2 Å². The second kappa shape index (κ2) is 26.1. The van der Waals surface area contributed by atoms with Gasteiger partial charge in [0.2, 0.25) is 0 Å². The van der Waals surface area contributed by atoms with Crippen LogP contribution in [0.25, 0.3) is 0 Å². The molecule has 0 fully saturated rings. The van der Waals surface area contributed by atoms with Gasteiger partial charge in [-0.3, -0.25) is 13.2 Å². The van der Waals surface area contributed by atoms with Crippen LogP contribution in [0.2, 0.25) is 0 Å². The van der Waals surface area contributed by atoms with Crippen LogP contribution in [0.5, 0.6) is 0 Å². The van der Waals surface area contributed by atoms with Gasteiger partial charge in [-0.2, -0.15) is 0 Å². The minimum absolute atomic E-state index is 0. The van der Waals surface area contributed by atoms with Gasteiger partial charge < -0.3 is 19.3 Å². The Hall–Kier alpha value is 1.04. The molecule has 0 amide bonds. The number of aliphatic hydroxyl groups excluding tert-OH is 1. The van der Waals surface area contributed by atoms with E-state index in [1.165, 1.54) is 25.7 Å². The molecule has 1 atom stereocenters. The van der Waals surface area contributed by atoms with Gasteiger partial charge >= 0.3 is 65.1 Å². The molecule has 0 saturated carbocycles. The number of carboxylic acid groups (broad SMARTS) is 1. The first kappa shape index (κ1) is 36.4. The van der Waals surface area contributed by atoms with Crippen molar-refractivity contribution in [3.63, 3.8) is 0 Å². The smallest absolute Gasteiger partial charge is 0.759 e. The molecule has 0 aromatic heterocycles. The van der Waals surface area contributed by atoms with Crippen LogP contribution in [0.4, 0.5) is 0 Å². The Kier molecular flexibility index (Phi) is 33.9. The standard InChI is InChI=1S/C18H34O3.2Na.H2O4S/c1-2-3-4-11-14-17(19)15-12-9-7-5-6-8-10-13-16-18(20)21;;;1-5(2,3)4/h9,12,17,19H,2-8,10-11,13-16H2,1H3,(H,20,21);;;(H2,1,2,3,4)/q;2*+1;/p-2/b12-9-;;;/t17-;;;/m1.../s1. The molecule has 156 valence electrons. The molecule has 0 saturated heterocycles. The number of carboxylic acids is 1. The van der Waals surface area contributed by atoms with E-state index in [1.54, 1.807) is 0 Å². The second-order valence-corrected chi connectivity index (χ2v) is 7.14. The van der Waals surface area contributed by atoms with Gasteiger partial charge in [-0.25, -0.2) is 0 Å². The van der Waals surface area contributed by atoms with E-state index < -0.39 is 16.4 Å². The number of hydrogen-bond acceptors (Lipinski definition) is 6. The number of aliphatic carboxylic acids is 1. The number of rotatable bonds is 15. The Labute approximate surface area is 214 Å². The molecule has 0 heterocycles. The van der Waals surface area contributed by atoms with E-state index in [9.17, 15) is 9.90 Å². The zero-order chi connectivity index (χ0) is 20.3. The van der Waals surface area contributed by atoms with Crippen LogP contribution < -0.4 is 59.1 Å². The Morgan fingerprint density at radius 1 is 0.929 bits per heavy atom. The summed E-state index contributed by atoms with van der Waals surface area (Å²) in [5, 5.41) is 18.3. The van der Waals surface area contributed by atoms with Crippen molar-refractivity contribution in [2.75, 3.05) is 0 Å². The first-order valence-corrected chi connectivity index (χ1v) is 10.7. The van der Waals surface area contributed by atoms with Crippen molar-refractivity contribution in [2.45, 2.75) is 96.5 Å². The SMILES string of the molecule is CCCCCC[C@@H](O)C/C=C\CCCCCCCC(=O)O.O=S(=O)([O-])[O-].[Na+].[Na+]. The summed E-state index contributed by atoms with van der Waals surface area (Å²) in [4.78, 5) is 10.3. The molecule has 28 heavy (non-hydrogen) atoms. The predicted molar refractivity (Wildman–Crippen MR) is 99.0 cm³/mol. The van der Waals surface area contributed by atoms with Crippen molar-refractivity contribution >= 4 is 16.4 Å². The van der Waals surface area contributed by atoms with Gasteiger partial charge in [0.05, 0.1) is 6.10 Å². The second-order valence-electron chi connectivity index (χ2n) is 6.32. The van der Waals surface area contributed by atoms with Crippen molar-refractivity contribution < 1.29 is 91.6 Å². The molecule has 0 spiro atoms. The van der Waals surface area contributed by atoms with E-state index in [4.69, 9.17) is 22.6 Å². The van der Waals surface area contributed by atoms with E-state index in [0.29, 0.717) is 6.42 Å². The summed E-state index contributed by atoms with van der Waals surface area (Å²) in [7, 11) is -5.17. The fourth-order valence-corrected chi connectivity index (χ4v) is 2.36. The van der Waals surface area contributed by atoms with Gasteiger partial charge in [0.1, 0.15) is 0 Å². The first-order chi connectivity index (χ1) is 12.2. The average Bonchev–Trinajstić information content (AvgIpc) is 2.51. The van der Waals surface area contributed by atoms with Crippen LogP contribution >= 0.6 is 0 Å². The minimum atomic E-state index is -5.17. The van der Waals surface area contributed by atoms with Crippen LogP contribution in [-0.4, -0.2) is 39.8 Å². The van der Waals surface area contributed by atoms with Gasteiger partial charge in [-0.15, -0.1) is 0 Å². The zero-order valence-corrected chi connectivity index (χ0v) is 22.6. The molecule has 2 N–H and O–H groups in total. The van der Waals surface area contributed by atoms with Crippen molar-refractivity contribution in [3.8, 4) is 0 Å². The van der Waals surface area contributed by atoms with Crippen molar-refractivity contribution in [1.29, 1.82) is 0 Å². The largest absolute Gasteiger partial charge is 1.00 e.